The maximum absolute atomic E-state index is 12.4. The number of aromatic nitrogens is 5. The second-order valence-electron chi connectivity index (χ2n) is 9.59. The maximum Gasteiger partial charge on any atom is 0.326 e. The van der Waals surface area contributed by atoms with Gasteiger partial charge in [0.1, 0.15) is 11.5 Å². The molecule has 4 heterocycles. The van der Waals surface area contributed by atoms with Gasteiger partial charge in [-0.25, -0.2) is 9.78 Å². The molecule has 5 aromatic rings. The van der Waals surface area contributed by atoms with Crippen LogP contribution in [0.25, 0.3) is 22.2 Å². The number of hydrogen-bond acceptors (Lipinski definition) is 8. The van der Waals surface area contributed by atoms with Gasteiger partial charge >= 0.3 is 5.69 Å². The predicted molar refractivity (Wildman–Crippen MR) is 152 cm³/mol. The van der Waals surface area contributed by atoms with Crippen molar-refractivity contribution in [3.05, 3.63) is 111 Å². The first-order valence-corrected chi connectivity index (χ1v) is 12.9. The number of fused-ring (bicyclic) bond motifs is 1. The lowest BCUT2D eigenvalue weighted by atomic mass is 10.0. The van der Waals surface area contributed by atoms with Crippen LogP contribution >= 0.6 is 0 Å². The van der Waals surface area contributed by atoms with E-state index in [9.17, 15) is 14.4 Å². The van der Waals surface area contributed by atoms with Crippen LogP contribution in [0.4, 0.5) is 11.5 Å². The van der Waals surface area contributed by atoms with Crippen molar-refractivity contribution in [3.63, 3.8) is 0 Å². The minimum atomic E-state index is -0.737. The first-order chi connectivity index (χ1) is 19.5. The van der Waals surface area contributed by atoms with Gasteiger partial charge in [-0.2, -0.15) is 0 Å². The van der Waals surface area contributed by atoms with Gasteiger partial charge < -0.3 is 15.2 Å². The van der Waals surface area contributed by atoms with E-state index in [4.69, 9.17) is 4.98 Å². The van der Waals surface area contributed by atoms with Gasteiger partial charge in [0.15, 0.2) is 0 Å². The van der Waals surface area contributed by atoms with Gasteiger partial charge in [-0.3, -0.25) is 29.4 Å². The van der Waals surface area contributed by atoms with Gasteiger partial charge in [0.2, 0.25) is 0 Å². The fourth-order valence-electron chi connectivity index (χ4n) is 4.75. The topological polar surface area (TPSA) is 140 Å². The van der Waals surface area contributed by atoms with Crippen LogP contribution in [0.2, 0.25) is 0 Å². The van der Waals surface area contributed by atoms with Crippen LogP contribution in [0, 0.1) is 0 Å². The Bertz CT molecular complexity index is 1750. The molecule has 3 N–H and O–H groups in total. The monoisotopic (exact) mass is 534 g/mol. The van der Waals surface area contributed by atoms with E-state index in [0.29, 0.717) is 5.69 Å². The first kappa shape index (κ1) is 25.1. The summed E-state index contributed by atoms with van der Waals surface area (Å²) < 4.78 is 0. The molecule has 0 atom stereocenters. The minimum absolute atomic E-state index is 0.114. The molecule has 2 aromatic carbocycles. The largest absolute Gasteiger partial charge is 0.353 e. The Morgan fingerprint density at radius 1 is 0.875 bits per heavy atom. The fourth-order valence-corrected chi connectivity index (χ4v) is 4.75. The second kappa shape index (κ2) is 10.9. The smallest absolute Gasteiger partial charge is 0.326 e. The number of carbonyl (C=O) groups excluding carboxylic acids is 1. The van der Waals surface area contributed by atoms with Gasteiger partial charge in [0, 0.05) is 56.9 Å². The zero-order valence-electron chi connectivity index (χ0n) is 21.5. The Kier molecular flexibility index (Phi) is 6.86. The summed E-state index contributed by atoms with van der Waals surface area (Å²) >= 11 is 0. The molecule has 0 spiro atoms. The molecule has 1 fully saturated rings. The molecule has 0 radical (unpaired) electrons. The number of H-pyrrole nitrogens is 2. The van der Waals surface area contributed by atoms with Crippen molar-refractivity contribution in [2.45, 2.75) is 6.54 Å². The third-order valence-electron chi connectivity index (χ3n) is 6.84. The molecule has 0 unspecified atom stereocenters. The number of pyridine rings is 1. The van der Waals surface area contributed by atoms with E-state index in [-0.39, 0.29) is 5.69 Å². The molecule has 11 nitrogen and oxygen atoms in total. The number of hydrogen-bond donors (Lipinski definition) is 3. The average Bonchev–Trinajstić information content (AvgIpc) is 2.97. The summed E-state index contributed by atoms with van der Waals surface area (Å²) in [4.78, 5) is 58.2. The lowest BCUT2D eigenvalue weighted by Gasteiger charge is -2.35. The van der Waals surface area contributed by atoms with Crippen molar-refractivity contribution in [2.24, 2.45) is 0 Å². The second-order valence-corrected chi connectivity index (χ2v) is 9.59. The van der Waals surface area contributed by atoms with Gasteiger partial charge in [-0.05, 0) is 47.0 Å². The third kappa shape index (κ3) is 5.64. The highest BCUT2D eigenvalue weighted by Crippen LogP contribution is 2.26. The number of nitrogens with zero attached hydrogens (tertiary/aromatic N) is 5. The summed E-state index contributed by atoms with van der Waals surface area (Å²) in [5.41, 5.74) is 3.79. The Morgan fingerprint density at radius 3 is 2.42 bits per heavy atom. The number of amides is 1. The van der Waals surface area contributed by atoms with Gasteiger partial charge in [-0.1, -0.05) is 24.3 Å². The molecule has 200 valence electrons. The first-order valence-electron chi connectivity index (χ1n) is 12.9. The van der Waals surface area contributed by atoms with Crippen molar-refractivity contribution < 1.29 is 4.79 Å². The molecule has 3 aromatic heterocycles. The summed E-state index contributed by atoms with van der Waals surface area (Å²) in [5, 5.41) is 2.69. The molecular formula is C29H26N8O3. The summed E-state index contributed by atoms with van der Waals surface area (Å²) in [6.07, 6.45) is 5.55. The normalized spacial score (nSPS) is 13.8. The summed E-state index contributed by atoms with van der Waals surface area (Å²) in [5.74, 6) is 0.281. The highest BCUT2D eigenvalue weighted by Gasteiger charge is 2.19. The number of carbonyl (C=O) groups is 1. The summed E-state index contributed by atoms with van der Waals surface area (Å²) in [6.45, 7) is 4.52. The minimum Gasteiger partial charge on any atom is -0.353 e. The van der Waals surface area contributed by atoms with Crippen molar-refractivity contribution in [1.29, 1.82) is 0 Å². The van der Waals surface area contributed by atoms with Crippen LogP contribution in [0.5, 0.6) is 0 Å². The highest BCUT2D eigenvalue weighted by molar-refractivity contribution is 6.02. The molecule has 1 amide bonds. The lowest BCUT2D eigenvalue weighted by Crippen LogP contribution is -2.46. The van der Waals surface area contributed by atoms with Crippen LogP contribution in [0.1, 0.15) is 16.1 Å². The number of benzene rings is 2. The van der Waals surface area contributed by atoms with Crippen LogP contribution in [-0.4, -0.2) is 61.9 Å². The van der Waals surface area contributed by atoms with Gasteiger partial charge in [-0.15, -0.1) is 0 Å². The Balaban J connectivity index is 1.14. The maximum atomic E-state index is 12.4. The lowest BCUT2D eigenvalue weighted by molar-refractivity contribution is 0.102. The zero-order valence-corrected chi connectivity index (χ0v) is 21.5. The van der Waals surface area contributed by atoms with Crippen LogP contribution < -0.4 is 21.5 Å². The molecular weight excluding hydrogens is 508 g/mol. The van der Waals surface area contributed by atoms with E-state index in [0.717, 1.165) is 66.8 Å². The predicted octanol–water partition coefficient (Wildman–Crippen LogP) is 2.64. The number of aromatic amines is 2. The number of piperazine rings is 1. The van der Waals surface area contributed by atoms with Crippen molar-refractivity contribution in [2.75, 3.05) is 36.4 Å². The van der Waals surface area contributed by atoms with E-state index in [2.05, 4.69) is 36.1 Å². The highest BCUT2D eigenvalue weighted by atomic mass is 16.2. The third-order valence-corrected chi connectivity index (χ3v) is 6.84. The molecule has 6 rings (SSSR count). The standard InChI is InChI=1S/C29H26N8O3/c38-27-15-25(34-29(40)35-27)28(39)32-22-6-3-20(4-7-22)21-5-8-23-24(14-21)33-26(17-31-23)37-12-10-36(11-13-37)18-19-2-1-9-30-16-19/h1-9,14-17H,10-13,18H2,(H,32,39)(H2,34,35,38,40). The number of anilines is 2. The van der Waals surface area contributed by atoms with Gasteiger partial charge in [0.25, 0.3) is 11.5 Å². The average molecular weight is 535 g/mol. The molecule has 11 heteroatoms. The Labute approximate surface area is 228 Å². The zero-order chi connectivity index (χ0) is 27.5. The van der Waals surface area contributed by atoms with Crippen LogP contribution in [0.15, 0.2) is 88.8 Å². The van der Waals surface area contributed by atoms with Crippen LogP contribution in [-0.2, 0) is 6.54 Å². The van der Waals surface area contributed by atoms with E-state index >= 15 is 0 Å². The number of rotatable bonds is 6. The fraction of sp³-hybridized carbons (Fsp3) is 0.172. The van der Waals surface area contributed by atoms with E-state index in [1.165, 1.54) is 5.56 Å². The Morgan fingerprint density at radius 2 is 1.68 bits per heavy atom. The van der Waals surface area contributed by atoms with E-state index in [1.54, 1.807) is 18.3 Å². The van der Waals surface area contributed by atoms with Crippen molar-refractivity contribution in [3.8, 4) is 11.1 Å². The van der Waals surface area contributed by atoms with E-state index in [1.807, 2.05) is 53.8 Å². The SMILES string of the molecule is O=C(Nc1ccc(-c2ccc3ncc(N4CCN(Cc5cccnc5)CC4)nc3c2)cc1)c1cc(=O)[nH]c(=O)[nH]1. The molecule has 1 saturated heterocycles. The van der Waals surface area contributed by atoms with Crippen LogP contribution in [0.3, 0.4) is 0 Å². The molecule has 40 heavy (non-hydrogen) atoms. The van der Waals surface area contributed by atoms with Crippen molar-refractivity contribution >= 4 is 28.4 Å². The molecule has 1 aliphatic heterocycles. The summed E-state index contributed by atoms with van der Waals surface area (Å²) in [7, 11) is 0. The molecule has 1 aliphatic rings. The van der Waals surface area contributed by atoms with Gasteiger partial charge in [0.05, 0.1) is 17.2 Å². The van der Waals surface area contributed by atoms with Crippen molar-refractivity contribution in [1.82, 2.24) is 29.8 Å². The molecule has 0 bridgehead atoms. The molecule has 0 aliphatic carbocycles. The van der Waals surface area contributed by atoms with E-state index < -0.39 is 17.2 Å². The summed E-state index contributed by atoms with van der Waals surface area (Å²) in [6, 6.07) is 18.4. The number of nitrogens with one attached hydrogen (secondary N) is 3. The molecule has 0 saturated carbocycles. The quantitative estimate of drug-likeness (QED) is 0.302. The Hall–Kier alpha value is -5.16.